The molecule has 0 bridgehead atoms. The van der Waals surface area contributed by atoms with Crippen LogP contribution < -0.4 is 10.2 Å². The molecule has 36 heavy (non-hydrogen) atoms. The van der Waals surface area contributed by atoms with E-state index in [2.05, 4.69) is 21.2 Å². The number of nitrogens with zero attached hydrogens (tertiary/aromatic N) is 6. The van der Waals surface area contributed by atoms with Crippen molar-refractivity contribution in [2.75, 3.05) is 23.3 Å². The van der Waals surface area contributed by atoms with Crippen LogP contribution in [0.15, 0.2) is 30.3 Å². The highest BCUT2D eigenvalue weighted by atomic mass is 19.1. The third-order valence-corrected chi connectivity index (χ3v) is 7.23. The van der Waals surface area contributed by atoms with Crippen LogP contribution in [0.3, 0.4) is 0 Å². The maximum absolute atomic E-state index is 14.0. The molecule has 1 aromatic carbocycles. The number of rotatable bonds is 4. The Hall–Kier alpha value is -3.80. The molecular weight excluding hydrogens is 460 g/mol. The second-order valence-corrected chi connectivity index (χ2v) is 9.78. The molecule has 0 radical (unpaired) electrons. The largest absolute Gasteiger partial charge is 0.367 e. The van der Waals surface area contributed by atoms with Gasteiger partial charge in [0.1, 0.15) is 35.0 Å². The summed E-state index contributed by atoms with van der Waals surface area (Å²) in [5.74, 6) is 4.36. The summed E-state index contributed by atoms with van der Waals surface area (Å²) < 4.78 is 29.6. The van der Waals surface area contributed by atoms with Gasteiger partial charge in [0.25, 0.3) is 0 Å². The first-order valence-electron chi connectivity index (χ1n) is 12.4. The third-order valence-electron chi connectivity index (χ3n) is 7.23. The number of alkyl halides is 1. The van der Waals surface area contributed by atoms with Gasteiger partial charge in [-0.3, -0.25) is 0 Å². The summed E-state index contributed by atoms with van der Waals surface area (Å²) in [6, 6.07) is 8.44. The predicted molar refractivity (Wildman–Crippen MR) is 136 cm³/mol. The van der Waals surface area contributed by atoms with E-state index in [-0.39, 0.29) is 11.9 Å². The van der Waals surface area contributed by atoms with E-state index >= 15 is 0 Å². The molecular formula is C27H27F2N7. The summed E-state index contributed by atoms with van der Waals surface area (Å²) in [6.07, 6.45) is 9.19. The van der Waals surface area contributed by atoms with Gasteiger partial charge in [0.2, 0.25) is 0 Å². The number of fused-ring (bicyclic) bond motifs is 2. The first-order valence-corrected chi connectivity index (χ1v) is 12.4. The van der Waals surface area contributed by atoms with Crippen LogP contribution in [-0.2, 0) is 0 Å². The van der Waals surface area contributed by atoms with E-state index in [1.54, 1.807) is 10.6 Å². The van der Waals surface area contributed by atoms with E-state index < -0.39 is 6.17 Å². The highest BCUT2D eigenvalue weighted by molar-refractivity contribution is 5.78. The molecule has 1 N–H and O–H groups in total. The van der Waals surface area contributed by atoms with E-state index in [1.165, 1.54) is 12.1 Å². The van der Waals surface area contributed by atoms with Gasteiger partial charge in [-0.2, -0.15) is 9.61 Å². The molecule has 1 saturated heterocycles. The number of halogens is 2. The van der Waals surface area contributed by atoms with Crippen LogP contribution in [0.5, 0.6) is 0 Å². The molecule has 2 fully saturated rings. The highest BCUT2D eigenvalue weighted by Gasteiger charge is 2.26. The lowest BCUT2D eigenvalue weighted by molar-refractivity contribution is 0.364. The van der Waals surface area contributed by atoms with Crippen molar-refractivity contribution in [3.8, 4) is 23.7 Å². The predicted octanol–water partition coefficient (Wildman–Crippen LogP) is 4.94. The number of terminal acetylenes is 1. The molecule has 2 aliphatic rings. The number of hydrogen-bond acceptors (Lipinski definition) is 6. The van der Waals surface area contributed by atoms with Crippen LogP contribution in [0.1, 0.15) is 37.8 Å². The summed E-state index contributed by atoms with van der Waals surface area (Å²) in [7, 11) is 0. The number of nitrogens with one attached hydrogen (secondary N) is 1. The molecule has 0 unspecified atom stereocenters. The van der Waals surface area contributed by atoms with E-state index in [4.69, 9.17) is 16.5 Å². The Labute approximate surface area is 208 Å². The van der Waals surface area contributed by atoms with Gasteiger partial charge in [-0.1, -0.05) is 0 Å². The van der Waals surface area contributed by atoms with E-state index in [9.17, 15) is 8.78 Å². The van der Waals surface area contributed by atoms with Gasteiger partial charge in [-0.25, -0.2) is 23.7 Å². The smallest absolute Gasteiger partial charge is 0.160 e. The second kappa shape index (κ2) is 9.01. The zero-order valence-corrected chi connectivity index (χ0v) is 20.1. The van der Waals surface area contributed by atoms with Crippen molar-refractivity contribution in [1.29, 1.82) is 0 Å². The maximum atomic E-state index is 14.0. The van der Waals surface area contributed by atoms with Crippen molar-refractivity contribution < 1.29 is 8.78 Å². The molecule has 9 heteroatoms. The standard InChI is InChI=1S/C27H27F2N7/c1-3-17-4-7-20(8-5-17)31-26-14-24(35-11-10-19(29)15-35)33-25-13-23(34-36(25)26)27-16(2)30-21-9-6-18(28)12-22(21)32-27/h1,6,9,12-14,17,19-20,31H,4-5,7-8,10-11,15H2,2H3/t17?,19-,20?/m1/s1. The van der Waals surface area contributed by atoms with E-state index in [1.807, 2.05) is 24.0 Å². The Balaban J connectivity index is 1.42. The molecule has 0 spiro atoms. The van der Waals surface area contributed by atoms with Gasteiger partial charge in [-0.15, -0.1) is 12.3 Å². The SMILES string of the molecule is C#CC1CCC(Nc2cc(N3CC[C@@H](F)C3)nc3cc(-c4nc5cc(F)ccc5nc4C)nn23)CC1. The molecule has 1 saturated carbocycles. The molecule has 4 aromatic rings. The van der Waals surface area contributed by atoms with E-state index in [0.29, 0.717) is 59.2 Å². The normalized spacial score (nSPS) is 22.3. The Morgan fingerprint density at radius 2 is 1.86 bits per heavy atom. The number of aryl methyl sites for hydroxylation is 1. The molecule has 1 aliphatic carbocycles. The highest BCUT2D eigenvalue weighted by Crippen LogP contribution is 2.31. The molecule has 4 heterocycles. The summed E-state index contributed by atoms with van der Waals surface area (Å²) in [5, 5.41) is 8.47. The Bertz CT molecular complexity index is 1480. The molecule has 184 valence electrons. The zero-order valence-electron chi connectivity index (χ0n) is 20.1. The Morgan fingerprint density at radius 1 is 1.03 bits per heavy atom. The van der Waals surface area contributed by atoms with Crippen LogP contribution in [0, 0.1) is 31.0 Å². The number of aromatic nitrogens is 5. The van der Waals surface area contributed by atoms with Crippen molar-refractivity contribution in [3.63, 3.8) is 0 Å². The monoisotopic (exact) mass is 487 g/mol. The fourth-order valence-electron chi connectivity index (χ4n) is 5.24. The van der Waals surface area contributed by atoms with Crippen molar-refractivity contribution in [3.05, 3.63) is 41.8 Å². The topological polar surface area (TPSA) is 71.2 Å². The Kier molecular flexibility index (Phi) is 5.67. The lowest BCUT2D eigenvalue weighted by atomic mass is 9.86. The summed E-state index contributed by atoms with van der Waals surface area (Å²) in [6.45, 7) is 2.82. The summed E-state index contributed by atoms with van der Waals surface area (Å²) in [4.78, 5) is 16.1. The van der Waals surface area contributed by atoms with Crippen LogP contribution in [0.4, 0.5) is 20.4 Å². The maximum Gasteiger partial charge on any atom is 0.160 e. The van der Waals surface area contributed by atoms with Gasteiger partial charge in [0, 0.05) is 36.7 Å². The van der Waals surface area contributed by atoms with Crippen molar-refractivity contribution in [1.82, 2.24) is 24.6 Å². The molecule has 7 nitrogen and oxygen atoms in total. The Morgan fingerprint density at radius 3 is 2.61 bits per heavy atom. The van der Waals surface area contributed by atoms with Gasteiger partial charge in [0.15, 0.2) is 5.65 Å². The lowest BCUT2D eigenvalue weighted by Gasteiger charge is -2.28. The third kappa shape index (κ3) is 4.21. The minimum Gasteiger partial charge on any atom is -0.367 e. The fraction of sp³-hybridized carbons (Fsp3) is 0.407. The van der Waals surface area contributed by atoms with Crippen LogP contribution in [-0.4, -0.2) is 49.9 Å². The number of hydrogen-bond donors (Lipinski definition) is 1. The quantitative estimate of drug-likeness (QED) is 0.411. The van der Waals surface area contributed by atoms with Crippen molar-refractivity contribution in [2.24, 2.45) is 5.92 Å². The minimum atomic E-state index is -0.852. The van der Waals surface area contributed by atoms with Crippen LogP contribution >= 0.6 is 0 Å². The minimum absolute atomic E-state index is 0.262. The van der Waals surface area contributed by atoms with Gasteiger partial charge >= 0.3 is 0 Å². The molecule has 6 rings (SSSR count). The zero-order chi connectivity index (χ0) is 24.8. The molecule has 0 amide bonds. The molecule has 1 aliphatic heterocycles. The van der Waals surface area contributed by atoms with Gasteiger partial charge < -0.3 is 10.2 Å². The van der Waals surface area contributed by atoms with Crippen molar-refractivity contribution in [2.45, 2.75) is 51.2 Å². The van der Waals surface area contributed by atoms with Gasteiger partial charge in [0.05, 0.1) is 23.3 Å². The lowest BCUT2D eigenvalue weighted by Crippen LogP contribution is -2.27. The summed E-state index contributed by atoms with van der Waals surface area (Å²) >= 11 is 0. The van der Waals surface area contributed by atoms with E-state index in [0.717, 1.165) is 37.3 Å². The number of benzene rings is 1. The summed E-state index contributed by atoms with van der Waals surface area (Å²) in [5.41, 5.74) is 3.59. The number of anilines is 2. The average molecular weight is 488 g/mol. The molecule has 1 atom stereocenters. The second-order valence-electron chi connectivity index (χ2n) is 9.78. The molecule has 3 aromatic heterocycles. The fourth-order valence-corrected chi connectivity index (χ4v) is 5.24. The van der Waals surface area contributed by atoms with Crippen molar-refractivity contribution >= 4 is 28.3 Å². The first-order chi connectivity index (χ1) is 17.5. The first kappa shape index (κ1) is 22.7. The van der Waals surface area contributed by atoms with Gasteiger partial charge in [-0.05, 0) is 51.2 Å². The van der Waals surface area contributed by atoms with Crippen LogP contribution in [0.25, 0.3) is 28.1 Å². The average Bonchev–Trinajstić information content (AvgIpc) is 3.51. The van der Waals surface area contributed by atoms with Crippen LogP contribution in [0.2, 0.25) is 0 Å².